The molecular formula is C9H22ClN3O4S2. The van der Waals surface area contributed by atoms with Crippen molar-refractivity contribution in [2.45, 2.75) is 25.8 Å². The second-order valence-electron chi connectivity index (χ2n) is 4.26. The van der Waals surface area contributed by atoms with Crippen molar-refractivity contribution in [2.24, 2.45) is 5.73 Å². The van der Waals surface area contributed by atoms with Gasteiger partial charge in [0.25, 0.3) is 0 Å². The second-order valence-corrected chi connectivity index (χ2v) is 8.39. The number of rotatable bonds is 7. The van der Waals surface area contributed by atoms with Gasteiger partial charge < -0.3 is 5.73 Å². The molecule has 1 fully saturated rings. The highest BCUT2D eigenvalue weighted by molar-refractivity contribution is 7.90. The first-order chi connectivity index (χ1) is 8.32. The molecule has 1 atom stereocenters. The van der Waals surface area contributed by atoms with Crippen LogP contribution in [-0.2, 0) is 20.0 Å². The van der Waals surface area contributed by atoms with Crippen molar-refractivity contribution in [3.05, 3.63) is 0 Å². The highest BCUT2D eigenvalue weighted by atomic mass is 35.5. The van der Waals surface area contributed by atoms with Gasteiger partial charge in [-0.3, -0.25) is 0 Å². The minimum absolute atomic E-state index is 0. The van der Waals surface area contributed by atoms with Gasteiger partial charge in [-0.05, 0) is 19.8 Å². The fourth-order valence-corrected chi connectivity index (χ4v) is 4.35. The summed E-state index contributed by atoms with van der Waals surface area (Å²) in [4.78, 5) is 0. The molecule has 0 saturated carbocycles. The Bertz CT molecular complexity index is 466. The van der Waals surface area contributed by atoms with Crippen molar-refractivity contribution in [1.29, 1.82) is 0 Å². The average Bonchev–Trinajstić information content (AvgIpc) is 2.77. The first-order valence-electron chi connectivity index (χ1n) is 5.99. The highest BCUT2D eigenvalue weighted by Crippen LogP contribution is 2.20. The SMILES string of the molecule is CCS(=O)(=O)NCCS(=O)(=O)N1CCCC1CN.Cl. The van der Waals surface area contributed by atoms with E-state index in [9.17, 15) is 16.8 Å². The largest absolute Gasteiger partial charge is 0.329 e. The van der Waals surface area contributed by atoms with E-state index in [1.165, 1.54) is 11.2 Å². The molecule has 3 N–H and O–H groups in total. The second kappa shape index (κ2) is 7.75. The van der Waals surface area contributed by atoms with Crippen LogP contribution in [0.2, 0.25) is 0 Å². The lowest BCUT2D eigenvalue weighted by atomic mass is 10.2. The summed E-state index contributed by atoms with van der Waals surface area (Å²) in [6, 6.07) is -0.141. The molecule has 19 heavy (non-hydrogen) atoms. The molecule has 1 unspecified atom stereocenters. The molecule has 7 nitrogen and oxygen atoms in total. The molecule has 0 spiro atoms. The van der Waals surface area contributed by atoms with Gasteiger partial charge in [0.15, 0.2) is 0 Å². The van der Waals surface area contributed by atoms with Gasteiger partial charge in [-0.1, -0.05) is 0 Å². The van der Waals surface area contributed by atoms with E-state index in [0.717, 1.165) is 12.8 Å². The molecule has 0 aliphatic carbocycles. The predicted molar refractivity (Wildman–Crippen MR) is 77.3 cm³/mol. The number of hydrogen-bond acceptors (Lipinski definition) is 5. The van der Waals surface area contributed by atoms with Gasteiger partial charge in [-0.2, -0.15) is 4.31 Å². The molecule has 0 aromatic carbocycles. The van der Waals surface area contributed by atoms with Gasteiger partial charge >= 0.3 is 0 Å². The lowest BCUT2D eigenvalue weighted by Crippen LogP contribution is -2.43. The molecule has 116 valence electrons. The summed E-state index contributed by atoms with van der Waals surface area (Å²) < 4.78 is 50.1. The highest BCUT2D eigenvalue weighted by Gasteiger charge is 2.32. The maximum Gasteiger partial charge on any atom is 0.215 e. The van der Waals surface area contributed by atoms with Gasteiger partial charge in [0.2, 0.25) is 20.0 Å². The van der Waals surface area contributed by atoms with Crippen LogP contribution >= 0.6 is 12.4 Å². The quantitative estimate of drug-likeness (QED) is 0.626. The first-order valence-corrected chi connectivity index (χ1v) is 9.25. The monoisotopic (exact) mass is 335 g/mol. The minimum Gasteiger partial charge on any atom is -0.329 e. The molecule has 1 rings (SSSR count). The van der Waals surface area contributed by atoms with E-state index in [2.05, 4.69) is 4.72 Å². The lowest BCUT2D eigenvalue weighted by molar-refractivity contribution is 0.393. The minimum atomic E-state index is -3.43. The van der Waals surface area contributed by atoms with Crippen LogP contribution in [-0.4, -0.2) is 58.3 Å². The Morgan fingerprint density at radius 1 is 1.32 bits per heavy atom. The zero-order valence-electron chi connectivity index (χ0n) is 10.9. The molecule has 0 bridgehead atoms. The van der Waals surface area contributed by atoms with E-state index in [1.807, 2.05) is 0 Å². The lowest BCUT2D eigenvalue weighted by Gasteiger charge is -2.22. The molecule has 1 aliphatic heterocycles. The molecule has 10 heteroatoms. The Morgan fingerprint density at radius 3 is 2.47 bits per heavy atom. The fourth-order valence-electron chi connectivity index (χ4n) is 1.96. The smallest absolute Gasteiger partial charge is 0.215 e. The number of nitrogens with two attached hydrogens (primary N) is 1. The standard InChI is InChI=1S/C9H21N3O4S2.ClH/c1-2-17(13,14)11-5-7-18(15,16)12-6-3-4-9(12)8-10;/h9,11H,2-8,10H2,1H3;1H. The van der Waals surface area contributed by atoms with Crippen LogP contribution in [0.25, 0.3) is 0 Å². The van der Waals surface area contributed by atoms with Crippen molar-refractivity contribution >= 4 is 32.5 Å². The van der Waals surface area contributed by atoms with Crippen molar-refractivity contribution in [3.63, 3.8) is 0 Å². The van der Waals surface area contributed by atoms with Crippen LogP contribution in [0.3, 0.4) is 0 Å². The van der Waals surface area contributed by atoms with Gasteiger partial charge in [-0.15, -0.1) is 12.4 Å². The third-order valence-electron chi connectivity index (χ3n) is 3.01. The summed E-state index contributed by atoms with van der Waals surface area (Å²) in [5.74, 6) is -0.273. The van der Waals surface area contributed by atoms with Gasteiger partial charge in [0, 0.05) is 25.7 Å². The number of sulfonamides is 2. The number of halogens is 1. The Labute approximate surface area is 121 Å². The summed E-state index contributed by atoms with van der Waals surface area (Å²) in [5.41, 5.74) is 5.52. The van der Waals surface area contributed by atoms with Crippen LogP contribution in [0.1, 0.15) is 19.8 Å². The van der Waals surface area contributed by atoms with Crippen LogP contribution < -0.4 is 10.5 Å². The van der Waals surface area contributed by atoms with E-state index in [0.29, 0.717) is 13.1 Å². The van der Waals surface area contributed by atoms with E-state index >= 15 is 0 Å². The maximum atomic E-state index is 12.0. The van der Waals surface area contributed by atoms with Crippen molar-refractivity contribution < 1.29 is 16.8 Å². The predicted octanol–water partition coefficient (Wildman–Crippen LogP) is -0.900. The van der Waals surface area contributed by atoms with Crippen molar-refractivity contribution in [1.82, 2.24) is 9.03 Å². The van der Waals surface area contributed by atoms with E-state index in [4.69, 9.17) is 5.73 Å². The van der Waals surface area contributed by atoms with E-state index in [-0.39, 0.29) is 36.5 Å². The van der Waals surface area contributed by atoms with Crippen molar-refractivity contribution in [2.75, 3.05) is 31.1 Å². The van der Waals surface area contributed by atoms with Gasteiger partial charge in [0.05, 0.1) is 11.5 Å². The Kier molecular flexibility index (Phi) is 7.78. The van der Waals surface area contributed by atoms with Crippen LogP contribution in [0.15, 0.2) is 0 Å². The average molecular weight is 336 g/mol. The van der Waals surface area contributed by atoms with Gasteiger partial charge in [0.1, 0.15) is 0 Å². The molecule has 1 aliphatic rings. The summed E-state index contributed by atoms with van der Waals surface area (Å²) in [5, 5.41) is 0. The molecule has 1 saturated heterocycles. The Morgan fingerprint density at radius 2 is 1.95 bits per heavy atom. The van der Waals surface area contributed by atoms with E-state index < -0.39 is 20.0 Å². The Balaban J connectivity index is 0.00000324. The fraction of sp³-hybridized carbons (Fsp3) is 1.00. The number of hydrogen-bond donors (Lipinski definition) is 2. The molecular weight excluding hydrogens is 314 g/mol. The molecule has 0 amide bonds. The summed E-state index contributed by atoms with van der Waals surface area (Å²) >= 11 is 0. The summed E-state index contributed by atoms with van der Waals surface area (Å²) in [6.07, 6.45) is 1.58. The molecule has 1 heterocycles. The summed E-state index contributed by atoms with van der Waals surface area (Å²) in [7, 11) is -6.77. The molecule has 0 radical (unpaired) electrons. The van der Waals surface area contributed by atoms with Crippen LogP contribution in [0.4, 0.5) is 0 Å². The van der Waals surface area contributed by atoms with Crippen LogP contribution in [0, 0.1) is 0 Å². The zero-order valence-corrected chi connectivity index (χ0v) is 13.4. The normalized spacial score (nSPS) is 21.3. The first kappa shape index (κ1) is 19.1. The zero-order chi connectivity index (χ0) is 13.8. The molecule has 0 aromatic heterocycles. The van der Waals surface area contributed by atoms with Crippen molar-refractivity contribution in [3.8, 4) is 0 Å². The van der Waals surface area contributed by atoms with E-state index in [1.54, 1.807) is 0 Å². The maximum absolute atomic E-state index is 12.0. The third kappa shape index (κ3) is 5.52. The topological polar surface area (TPSA) is 110 Å². The van der Waals surface area contributed by atoms with Gasteiger partial charge in [-0.25, -0.2) is 21.6 Å². The molecule has 0 aromatic rings. The Hall–Kier alpha value is 0.0700. The third-order valence-corrected chi connectivity index (χ3v) is 6.33. The number of nitrogens with zero attached hydrogens (tertiary/aromatic N) is 1. The number of nitrogens with one attached hydrogen (secondary N) is 1. The summed E-state index contributed by atoms with van der Waals surface area (Å²) in [6.45, 7) is 2.19. The van der Waals surface area contributed by atoms with Crippen LogP contribution in [0.5, 0.6) is 0 Å².